The second kappa shape index (κ2) is 13.8. The summed E-state index contributed by atoms with van der Waals surface area (Å²) in [6.07, 6.45) is -1.47. The van der Waals surface area contributed by atoms with Gasteiger partial charge < -0.3 is 9.84 Å². The number of aryl methyl sites for hydroxylation is 4. The highest BCUT2D eigenvalue weighted by Gasteiger charge is 2.33. The van der Waals surface area contributed by atoms with Crippen molar-refractivity contribution >= 4 is 5.97 Å². The molecule has 0 spiro atoms. The molecule has 0 fully saturated rings. The number of hydrogen-bond acceptors (Lipinski definition) is 4. The molecule has 0 aliphatic rings. The number of ether oxygens (including phenoxy) is 1. The Bertz CT molecular complexity index is 1410. The van der Waals surface area contributed by atoms with Gasteiger partial charge in [0, 0.05) is 19.1 Å². The SMILES string of the molecule is Cc1cc(C)c(CN(Cc2ccccc2C)[C@@H](C)[C@H](OC(=O)[C@H](C)[C@H](O)c2ccccc2)c2ccccc2)c(C)c1. The first kappa shape index (κ1) is 30.2. The second-order valence-electron chi connectivity index (χ2n) is 11.4. The van der Waals surface area contributed by atoms with Gasteiger partial charge in [0.1, 0.15) is 6.10 Å². The predicted molar refractivity (Wildman–Crippen MR) is 166 cm³/mol. The molecular weight excluding hydrogens is 506 g/mol. The number of aliphatic hydroxyl groups excluding tert-OH is 1. The van der Waals surface area contributed by atoms with Gasteiger partial charge in [-0.1, -0.05) is 103 Å². The molecule has 1 N–H and O–H groups in total. The van der Waals surface area contributed by atoms with Gasteiger partial charge >= 0.3 is 5.97 Å². The second-order valence-corrected chi connectivity index (χ2v) is 11.4. The van der Waals surface area contributed by atoms with Crippen LogP contribution >= 0.6 is 0 Å². The number of aliphatic hydroxyl groups is 1. The number of rotatable bonds is 11. The van der Waals surface area contributed by atoms with E-state index in [1.807, 2.05) is 60.7 Å². The van der Waals surface area contributed by atoms with E-state index in [-0.39, 0.29) is 6.04 Å². The molecule has 4 atom stereocenters. The molecule has 4 nitrogen and oxygen atoms in total. The van der Waals surface area contributed by atoms with Crippen molar-refractivity contribution in [3.05, 3.63) is 142 Å². The molecule has 0 saturated carbocycles. The minimum atomic E-state index is -0.948. The number of carbonyl (C=O) groups excluding carboxylic acids is 1. The van der Waals surface area contributed by atoms with Crippen molar-refractivity contribution in [2.24, 2.45) is 5.92 Å². The maximum atomic E-state index is 13.6. The number of esters is 1. The maximum absolute atomic E-state index is 13.6. The summed E-state index contributed by atoms with van der Waals surface area (Å²) >= 11 is 0. The van der Waals surface area contributed by atoms with Gasteiger partial charge in [0.25, 0.3) is 0 Å². The highest BCUT2D eigenvalue weighted by molar-refractivity contribution is 5.73. The lowest BCUT2D eigenvalue weighted by Crippen LogP contribution is -2.40. The Kier molecular flexibility index (Phi) is 10.1. The molecule has 214 valence electrons. The molecule has 4 rings (SSSR count). The van der Waals surface area contributed by atoms with Gasteiger partial charge in [-0.2, -0.15) is 0 Å². The van der Waals surface area contributed by atoms with E-state index in [0.29, 0.717) is 12.1 Å². The fourth-order valence-corrected chi connectivity index (χ4v) is 5.59. The van der Waals surface area contributed by atoms with E-state index in [4.69, 9.17) is 4.74 Å². The molecule has 4 aromatic rings. The van der Waals surface area contributed by atoms with Crippen molar-refractivity contribution in [1.82, 2.24) is 4.90 Å². The van der Waals surface area contributed by atoms with Crippen LogP contribution in [0.2, 0.25) is 0 Å². The average molecular weight is 550 g/mol. The average Bonchev–Trinajstić information content (AvgIpc) is 2.97. The van der Waals surface area contributed by atoms with Gasteiger partial charge in [0.2, 0.25) is 0 Å². The molecule has 41 heavy (non-hydrogen) atoms. The number of nitrogens with zero attached hydrogens (tertiary/aromatic N) is 1. The minimum Gasteiger partial charge on any atom is -0.456 e. The molecule has 4 aromatic carbocycles. The molecule has 0 amide bonds. The van der Waals surface area contributed by atoms with Gasteiger partial charge in [0.05, 0.1) is 12.0 Å². The zero-order valence-corrected chi connectivity index (χ0v) is 25.2. The molecule has 0 unspecified atom stereocenters. The summed E-state index contributed by atoms with van der Waals surface area (Å²) in [5.41, 5.74) is 9.18. The Morgan fingerprint density at radius 2 is 1.27 bits per heavy atom. The van der Waals surface area contributed by atoms with E-state index < -0.39 is 24.1 Å². The third kappa shape index (κ3) is 7.52. The summed E-state index contributed by atoms with van der Waals surface area (Å²) in [4.78, 5) is 16.0. The first-order valence-electron chi connectivity index (χ1n) is 14.5. The summed E-state index contributed by atoms with van der Waals surface area (Å²) in [6.45, 7) is 13.9. The third-order valence-electron chi connectivity index (χ3n) is 8.21. The Hall–Kier alpha value is -3.73. The summed E-state index contributed by atoms with van der Waals surface area (Å²) < 4.78 is 6.33. The van der Waals surface area contributed by atoms with E-state index in [1.165, 1.54) is 33.4 Å². The Balaban J connectivity index is 1.69. The van der Waals surface area contributed by atoms with Gasteiger partial charge in [-0.3, -0.25) is 9.69 Å². The fraction of sp³-hybridized carbons (Fsp3) is 0.324. The zero-order valence-electron chi connectivity index (χ0n) is 25.2. The lowest BCUT2D eigenvalue weighted by Gasteiger charge is -2.36. The van der Waals surface area contributed by atoms with Crippen LogP contribution in [0.25, 0.3) is 0 Å². The van der Waals surface area contributed by atoms with Gasteiger partial charge in [-0.05, 0) is 80.5 Å². The summed E-state index contributed by atoms with van der Waals surface area (Å²) in [7, 11) is 0. The van der Waals surface area contributed by atoms with E-state index in [2.05, 4.69) is 75.9 Å². The quantitative estimate of drug-likeness (QED) is 0.193. The normalized spacial score (nSPS) is 14.3. The van der Waals surface area contributed by atoms with Gasteiger partial charge in [0.15, 0.2) is 0 Å². The number of benzene rings is 4. The summed E-state index contributed by atoms with van der Waals surface area (Å²) in [5, 5.41) is 11.0. The van der Waals surface area contributed by atoms with Crippen LogP contribution in [0.3, 0.4) is 0 Å². The van der Waals surface area contributed by atoms with Crippen LogP contribution in [-0.2, 0) is 22.6 Å². The highest BCUT2D eigenvalue weighted by Crippen LogP contribution is 2.32. The molecule has 0 radical (unpaired) electrons. The Labute approximate surface area is 245 Å². The van der Waals surface area contributed by atoms with Crippen molar-refractivity contribution < 1.29 is 14.6 Å². The lowest BCUT2D eigenvalue weighted by molar-refractivity contribution is -0.161. The first-order chi connectivity index (χ1) is 19.7. The van der Waals surface area contributed by atoms with Crippen LogP contribution in [-0.4, -0.2) is 22.0 Å². The fourth-order valence-electron chi connectivity index (χ4n) is 5.59. The predicted octanol–water partition coefficient (Wildman–Crippen LogP) is 7.97. The van der Waals surface area contributed by atoms with Crippen molar-refractivity contribution in [2.45, 2.75) is 72.9 Å². The van der Waals surface area contributed by atoms with Crippen LogP contribution < -0.4 is 0 Å². The Morgan fingerprint density at radius 3 is 1.85 bits per heavy atom. The van der Waals surface area contributed by atoms with Gasteiger partial charge in [-0.15, -0.1) is 0 Å². The van der Waals surface area contributed by atoms with Crippen molar-refractivity contribution in [3.63, 3.8) is 0 Å². The van der Waals surface area contributed by atoms with Crippen LogP contribution in [0.15, 0.2) is 97.1 Å². The monoisotopic (exact) mass is 549 g/mol. The largest absolute Gasteiger partial charge is 0.456 e. The lowest BCUT2D eigenvalue weighted by atomic mass is 9.95. The minimum absolute atomic E-state index is 0.151. The van der Waals surface area contributed by atoms with E-state index in [1.54, 1.807) is 6.92 Å². The number of carbonyl (C=O) groups is 1. The topological polar surface area (TPSA) is 49.8 Å². The molecule has 0 aliphatic heterocycles. The summed E-state index contributed by atoms with van der Waals surface area (Å²) in [5.74, 6) is -1.14. The maximum Gasteiger partial charge on any atom is 0.312 e. The summed E-state index contributed by atoms with van der Waals surface area (Å²) in [6, 6.07) is 32.0. The van der Waals surface area contributed by atoms with E-state index in [0.717, 1.165) is 12.1 Å². The van der Waals surface area contributed by atoms with Crippen LogP contribution in [0, 0.1) is 33.6 Å². The number of hydrogen-bond donors (Lipinski definition) is 1. The van der Waals surface area contributed by atoms with E-state index in [9.17, 15) is 9.90 Å². The third-order valence-corrected chi connectivity index (χ3v) is 8.21. The molecular formula is C37H43NO3. The first-order valence-corrected chi connectivity index (χ1v) is 14.5. The molecule has 0 bridgehead atoms. The molecule has 0 saturated heterocycles. The van der Waals surface area contributed by atoms with E-state index >= 15 is 0 Å². The van der Waals surface area contributed by atoms with Crippen molar-refractivity contribution in [3.8, 4) is 0 Å². The Morgan fingerprint density at radius 1 is 0.732 bits per heavy atom. The highest BCUT2D eigenvalue weighted by atomic mass is 16.5. The molecule has 4 heteroatoms. The zero-order chi connectivity index (χ0) is 29.5. The molecule has 0 aliphatic carbocycles. The van der Waals surface area contributed by atoms with Crippen LogP contribution in [0.4, 0.5) is 0 Å². The van der Waals surface area contributed by atoms with Crippen LogP contribution in [0.1, 0.15) is 70.6 Å². The molecule has 0 aromatic heterocycles. The van der Waals surface area contributed by atoms with Crippen molar-refractivity contribution in [2.75, 3.05) is 0 Å². The molecule has 0 heterocycles. The van der Waals surface area contributed by atoms with Crippen molar-refractivity contribution in [1.29, 1.82) is 0 Å². The smallest absolute Gasteiger partial charge is 0.312 e. The van der Waals surface area contributed by atoms with Crippen LogP contribution in [0.5, 0.6) is 0 Å². The standard InChI is InChI=1S/C37H43NO3/c1-25-21-27(3)34(28(4)22-25)24-38(23-33-20-14-13-15-26(33)2)30(6)36(32-18-11-8-12-19-32)41-37(40)29(5)35(39)31-16-9-7-10-17-31/h7-22,29-30,35-36,39H,23-24H2,1-6H3/t29-,30+,35+,36+/m1/s1. The van der Waals surface area contributed by atoms with Gasteiger partial charge in [-0.25, -0.2) is 0 Å².